The molecular formula is C14H24Cl2N4O. The maximum Gasteiger partial charge on any atom is 0.224 e. The van der Waals surface area contributed by atoms with E-state index in [9.17, 15) is 4.79 Å². The van der Waals surface area contributed by atoms with Gasteiger partial charge in [0.2, 0.25) is 5.91 Å². The van der Waals surface area contributed by atoms with Crippen molar-refractivity contribution in [3.05, 3.63) is 18.5 Å². The molecule has 0 saturated carbocycles. The highest BCUT2D eigenvalue weighted by atomic mass is 35.5. The fourth-order valence-electron chi connectivity index (χ4n) is 3.37. The summed E-state index contributed by atoms with van der Waals surface area (Å²) in [6.45, 7) is 0.675. The van der Waals surface area contributed by atoms with E-state index in [4.69, 9.17) is 0 Å². The quantitative estimate of drug-likeness (QED) is 0.914. The van der Waals surface area contributed by atoms with Gasteiger partial charge >= 0.3 is 0 Å². The number of hydrogen-bond acceptors (Lipinski definition) is 3. The summed E-state index contributed by atoms with van der Waals surface area (Å²) in [5.41, 5.74) is 0. The Balaban J connectivity index is 0.00000110. The molecule has 2 aliphatic heterocycles. The summed E-state index contributed by atoms with van der Waals surface area (Å²) in [5, 5.41) is 7.75. The maximum absolute atomic E-state index is 12.2. The second-order valence-corrected chi connectivity index (χ2v) is 5.79. The van der Waals surface area contributed by atoms with Crippen molar-refractivity contribution in [2.24, 2.45) is 0 Å². The zero-order valence-corrected chi connectivity index (χ0v) is 13.9. The Morgan fingerprint density at radius 3 is 2.57 bits per heavy atom. The monoisotopic (exact) mass is 334 g/mol. The van der Waals surface area contributed by atoms with Crippen LogP contribution in [0.3, 0.4) is 0 Å². The third-order valence-electron chi connectivity index (χ3n) is 4.50. The number of amides is 1. The highest BCUT2D eigenvalue weighted by molar-refractivity contribution is 5.85. The average molecular weight is 335 g/mol. The molecule has 2 saturated heterocycles. The second kappa shape index (κ2) is 8.01. The average Bonchev–Trinajstić information content (AvgIpc) is 3.05. The fraction of sp³-hybridized carbons (Fsp3) is 0.714. The Morgan fingerprint density at radius 2 is 2.00 bits per heavy atom. The first-order chi connectivity index (χ1) is 9.22. The van der Waals surface area contributed by atoms with Crippen molar-refractivity contribution >= 4 is 30.7 Å². The summed E-state index contributed by atoms with van der Waals surface area (Å²) in [6.07, 6.45) is 8.96. The molecule has 7 heteroatoms. The van der Waals surface area contributed by atoms with E-state index >= 15 is 0 Å². The number of carbonyl (C=O) groups excluding carboxylic acids is 1. The number of aromatic nitrogens is 2. The number of halogens is 2. The first kappa shape index (κ1) is 18.3. The molecule has 0 radical (unpaired) electrons. The smallest absolute Gasteiger partial charge is 0.224 e. The van der Waals surface area contributed by atoms with E-state index in [2.05, 4.69) is 10.4 Å². The van der Waals surface area contributed by atoms with Crippen molar-refractivity contribution in [2.75, 3.05) is 7.05 Å². The van der Waals surface area contributed by atoms with E-state index in [1.54, 1.807) is 6.20 Å². The number of carbonyl (C=O) groups is 1. The molecule has 0 aliphatic carbocycles. The van der Waals surface area contributed by atoms with E-state index < -0.39 is 0 Å². The minimum Gasteiger partial charge on any atom is -0.343 e. The lowest BCUT2D eigenvalue weighted by atomic mass is 9.98. The van der Waals surface area contributed by atoms with Gasteiger partial charge in [-0.25, -0.2) is 0 Å². The van der Waals surface area contributed by atoms with E-state index in [0.717, 1.165) is 12.8 Å². The number of aryl methyl sites for hydroxylation is 1. The molecular weight excluding hydrogens is 311 g/mol. The number of nitrogens with zero attached hydrogens (tertiary/aromatic N) is 3. The molecule has 21 heavy (non-hydrogen) atoms. The van der Waals surface area contributed by atoms with Crippen LogP contribution in [0.2, 0.25) is 0 Å². The molecule has 3 heterocycles. The van der Waals surface area contributed by atoms with Crippen LogP contribution < -0.4 is 5.32 Å². The standard InChI is InChI=1S/C14H22N4O.2ClH/c1-17(13-9-11-3-4-12(10-13)16-11)14(19)5-8-18-7-2-6-15-18;;/h2,6-7,11-13,16H,3-5,8-10H2,1H3;2*1H. The summed E-state index contributed by atoms with van der Waals surface area (Å²) in [4.78, 5) is 14.2. The summed E-state index contributed by atoms with van der Waals surface area (Å²) in [7, 11) is 1.96. The lowest BCUT2D eigenvalue weighted by Crippen LogP contribution is -2.48. The largest absolute Gasteiger partial charge is 0.343 e. The molecule has 0 spiro atoms. The van der Waals surface area contributed by atoms with Crippen LogP contribution in [0, 0.1) is 0 Å². The first-order valence-corrected chi connectivity index (χ1v) is 7.21. The predicted octanol–water partition coefficient (Wildman–Crippen LogP) is 1.86. The Kier molecular flexibility index (Phi) is 6.97. The maximum atomic E-state index is 12.2. The Morgan fingerprint density at radius 1 is 1.33 bits per heavy atom. The molecule has 1 amide bonds. The first-order valence-electron chi connectivity index (χ1n) is 7.21. The fourth-order valence-corrected chi connectivity index (χ4v) is 3.37. The van der Waals surface area contributed by atoms with Crippen LogP contribution >= 0.6 is 24.8 Å². The van der Waals surface area contributed by atoms with E-state index in [-0.39, 0.29) is 30.7 Å². The van der Waals surface area contributed by atoms with Gasteiger partial charge in [-0.05, 0) is 31.7 Å². The third-order valence-corrected chi connectivity index (χ3v) is 4.50. The summed E-state index contributed by atoms with van der Waals surface area (Å²) in [5.74, 6) is 0.238. The molecule has 1 aromatic rings. The van der Waals surface area contributed by atoms with Crippen LogP contribution in [-0.4, -0.2) is 45.8 Å². The molecule has 120 valence electrons. The molecule has 2 unspecified atom stereocenters. The van der Waals surface area contributed by atoms with Gasteiger partial charge in [0.25, 0.3) is 0 Å². The molecule has 5 nitrogen and oxygen atoms in total. The molecule has 1 aromatic heterocycles. The van der Waals surface area contributed by atoms with Crippen molar-refractivity contribution in [2.45, 2.75) is 56.8 Å². The zero-order valence-electron chi connectivity index (χ0n) is 12.3. The molecule has 1 N–H and O–H groups in total. The molecule has 3 rings (SSSR count). The van der Waals surface area contributed by atoms with Crippen molar-refractivity contribution in [3.63, 3.8) is 0 Å². The van der Waals surface area contributed by atoms with Crippen molar-refractivity contribution < 1.29 is 4.79 Å². The van der Waals surface area contributed by atoms with Gasteiger partial charge in [-0.15, -0.1) is 24.8 Å². The highest BCUT2D eigenvalue weighted by Gasteiger charge is 2.36. The van der Waals surface area contributed by atoms with Gasteiger partial charge in [0.05, 0.1) is 0 Å². The van der Waals surface area contributed by atoms with Gasteiger partial charge in [0, 0.05) is 50.5 Å². The topological polar surface area (TPSA) is 50.2 Å². The van der Waals surface area contributed by atoms with Crippen molar-refractivity contribution in [1.29, 1.82) is 0 Å². The minimum atomic E-state index is 0. The van der Waals surface area contributed by atoms with E-state index in [1.165, 1.54) is 12.8 Å². The molecule has 2 bridgehead atoms. The lowest BCUT2D eigenvalue weighted by Gasteiger charge is -2.35. The van der Waals surface area contributed by atoms with Gasteiger partial charge in [-0.2, -0.15) is 5.10 Å². The Bertz CT molecular complexity index is 428. The zero-order chi connectivity index (χ0) is 13.2. The van der Waals surface area contributed by atoms with Crippen LogP contribution in [0.1, 0.15) is 32.1 Å². The van der Waals surface area contributed by atoms with Gasteiger partial charge in [-0.3, -0.25) is 9.48 Å². The molecule has 2 fully saturated rings. The van der Waals surface area contributed by atoms with Crippen LogP contribution in [0.25, 0.3) is 0 Å². The Labute approximate surface area is 138 Å². The minimum absolute atomic E-state index is 0. The summed E-state index contributed by atoms with van der Waals surface area (Å²) in [6, 6.07) is 3.57. The van der Waals surface area contributed by atoms with E-state index in [1.807, 2.05) is 28.9 Å². The van der Waals surface area contributed by atoms with Crippen LogP contribution in [0.15, 0.2) is 18.5 Å². The number of nitrogens with one attached hydrogen (secondary N) is 1. The van der Waals surface area contributed by atoms with Gasteiger partial charge < -0.3 is 10.2 Å². The Hall–Kier alpha value is -0.780. The molecule has 2 atom stereocenters. The third kappa shape index (κ3) is 4.34. The normalized spacial score (nSPS) is 26.6. The number of piperidine rings is 1. The summed E-state index contributed by atoms with van der Waals surface area (Å²) >= 11 is 0. The summed E-state index contributed by atoms with van der Waals surface area (Å²) < 4.78 is 1.82. The van der Waals surface area contributed by atoms with Crippen LogP contribution in [-0.2, 0) is 11.3 Å². The molecule has 0 aromatic carbocycles. The van der Waals surface area contributed by atoms with Crippen LogP contribution in [0.5, 0.6) is 0 Å². The number of hydrogen-bond donors (Lipinski definition) is 1. The number of fused-ring (bicyclic) bond motifs is 2. The molecule has 2 aliphatic rings. The predicted molar refractivity (Wildman–Crippen MR) is 87.1 cm³/mol. The van der Waals surface area contributed by atoms with Crippen LogP contribution in [0.4, 0.5) is 0 Å². The van der Waals surface area contributed by atoms with Crippen molar-refractivity contribution in [1.82, 2.24) is 20.0 Å². The number of rotatable bonds is 4. The highest BCUT2D eigenvalue weighted by Crippen LogP contribution is 2.29. The van der Waals surface area contributed by atoms with Gasteiger partial charge in [0.1, 0.15) is 0 Å². The lowest BCUT2D eigenvalue weighted by molar-refractivity contribution is -0.133. The van der Waals surface area contributed by atoms with E-state index in [0.29, 0.717) is 31.1 Å². The van der Waals surface area contributed by atoms with Gasteiger partial charge in [-0.1, -0.05) is 0 Å². The van der Waals surface area contributed by atoms with Gasteiger partial charge in [0.15, 0.2) is 0 Å². The second-order valence-electron chi connectivity index (χ2n) is 5.79. The SMILES string of the molecule is CN(C(=O)CCn1cccn1)C1CC2CCC(C1)N2.Cl.Cl. The van der Waals surface area contributed by atoms with Crippen molar-refractivity contribution in [3.8, 4) is 0 Å².